The maximum atomic E-state index is 13.9. The molecule has 0 radical (unpaired) electrons. The molecule has 170 valence electrons. The lowest BCUT2D eigenvalue weighted by Gasteiger charge is -2.37. The molecule has 1 aromatic carbocycles. The van der Waals surface area contributed by atoms with Crippen LogP contribution in [0.2, 0.25) is 0 Å². The number of methoxy groups -OCH3 is 1. The summed E-state index contributed by atoms with van der Waals surface area (Å²) in [4.78, 5) is 39.1. The van der Waals surface area contributed by atoms with E-state index in [0.29, 0.717) is 36.3 Å². The van der Waals surface area contributed by atoms with E-state index in [1.54, 1.807) is 30.1 Å². The van der Waals surface area contributed by atoms with Crippen molar-refractivity contribution in [2.75, 3.05) is 38.2 Å². The Labute approximate surface area is 192 Å². The van der Waals surface area contributed by atoms with Gasteiger partial charge in [0.2, 0.25) is 0 Å². The fourth-order valence-electron chi connectivity index (χ4n) is 4.80. The van der Waals surface area contributed by atoms with Crippen molar-refractivity contribution in [3.8, 4) is 16.9 Å². The van der Waals surface area contributed by atoms with Crippen LogP contribution < -0.4 is 15.2 Å². The highest BCUT2D eigenvalue weighted by molar-refractivity contribution is 6.02. The van der Waals surface area contributed by atoms with Crippen molar-refractivity contribution in [3.05, 3.63) is 70.7 Å². The van der Waals surface area contributed by atoms with Crippen LogP contribution in [0.1, 0.15) is 28.9 Å². The first-order valence-electron chi connectivity index (χ1n) is 11.4. The summed E-state index contributed by atoms with van der Waals surface area (Å²) in [5.41, 5.74) is 3.82. The SMILES string of the molecule is COc1cccc(N2CCN(C(=O)c3c(-c4cncnc4)cc(=O)n4c3CCCC4)CC2)c1. The van der Waals surface area contributed by atoms with E-state index in [2.05, 4.69) is 20.9 Å². The molecule has 2 aliphatic rings. The molecule has 4 heterocycles. The van der Waals surface area contributed by atoms with Gasteiger partial charge in [0.15, 0.2) is 0 Å². The Morgan fingerprint density at radius 3 is 2.55 bits per heavy atom. The molecule has 0 unspecified atom stereocenters. The second-order valence-corrected chi connectivity index (χ2v) is 8.43. The molecule has 1 saturated heterocycles. The molecule has 0 bridgehead atoms. The largest absolute Gasteiger partial charge is 0.497 e. The number of amides is 1. The monoisotopic (exact) mass is 445 g/mol. The molecule has 5 rings (SSSR count). The molecule has 1 amide bonds. The smallest absolute Gasteiger partial charge is 0.256 e. The topological polar surface area (TPSA) is 80.6 Å². The highest BCUT2D eigenvalue weighted by atomic mass is 16.5. The summed E-state index contributed by atoms with van der Waals surface area (Å²) < 4.78 is 7.13. The third-order valence-corrected chi connectivity index (χ3v) is 6.53. The number of carbonyl (C=O) groups is 1. The number of pyridine rings is 1. The van der Waals surface area contributed by atoms with Crippen LogP contribution in [0.15, 0.2) is 53.8 Å². The Bertz CT molecular complexity index is 1220. The Balaban J connectivity index is 1.46. The van der Waals surface area contributed by atoms with E-state index in [0.717, 1.165) is 49.5 Å². The van der Waals surface area contributed by atoms with Crippen LogP contribution in [0, 0.1) is 0 Å². The highest BCUT2D eigenvalue weighted by Gasteiger charge is 2.29. The number of fused-ring (bicyclic) bond motifs is 1. The lowest BCUT2D eigenvalue weighted by Crippen LogP contribution is -2.49. The van der Waals surface area contributed by atoms with Gasteiger partial charge in [-0.3, -0.25) is 9.59 Å². The maximum absolute atomic E-state index is 13.9. The van der Waals surface area contributed by atoms with Gasteiger partial charge in [0, 0.05) is 79.8 Å². The average Bonchev–Trinajstić information content (AvgIpc) is 2.89. The number of ether oxygens (including phenoxy) is 1. The van der Waals surface area contributed by atoms with Crippen molar-refractivity contribution in [1.29, 1.82) is 0 Å². The molecular formula is C25H27N5O3. The van der Waals surface area contributed by atoms with Crippen LogP contribution in [0.5, 0.6) is 5.75 Å². The van der Waals surface area contributed by atoms with E-state index in [4.69, 9.17) is 4.74 Å². The van der Waals surface area contributed by atoms with Gasteiger partial charge >= 0.3 is 0 Å². The Morgan fingerprint density at radius 2 is 1.79 bits per heavy atom. The first-order chi connectivity index (χ1) is 16.2. The van der Waals surface area contributed by atoms with Crippen LogP contribution in [-0.2, 0) is 13.0 Å². The van der Waals surface area contributed by atoms with Gasteiger partial charge in [-0.2, -0.15) is 0 Å². The van der Waals surface area contributed by atoms with Gasteiger partial charge in [-0.1, -0.05) is 6.07 Å². The molecule has 0 saturated carbocycles. The van der Waals surface area contributed by atoms with Crippen molar-refractivity contribution in [3.63, 3.8) is 0 Å². The second kappa shape index (κ2) is 9.05. The van der Waals surface area contributed by atoms with Crippen LogP contribution in [-0.4, -0.2) is 58.6 Å². The van der Waals surface area contributed by atoms with E-state index in [1.807, 2.05) is 23.1 Å². The molecule has 0 aliphatic carbocycles. The fourth-order valence-corrected chi connectivity index (χ4v) is 4.80. The summed E-state index contributed by atoms with van der Waals surface area (Å²) in [7, 11) is 1.66. The van der Waals surface area contributed by atoms with Crippen LogP contribution in [0.3, 0.4) is 0 Å². The quantitative estimate of drug-likeness (QED) is 0.614. The fraction of sp³-hybridized carbons (Fsp3) is 0.360. The number of aromatic nitrogens is 3. The minimum absolute atomic E-state index is 0.0233. The summed E-state index contributed by atoms with van der Waals surface area (Å²) in [6.07, 6.45) is 7.43. The van der Waals surface area contributed by atoms with E-state index in [9.17, 15) is 9.59 Å². The number of benzene rings is 1. The molecule has 8 heteroatoms. The molecule has 1 fully saturated rings. The number of hydrogen-bond acceptors (Lipinski definition) is 6. The van der Waals surface area contributed by atoms with Crippen molar-refractivity contribution in [1.82, 2.24) is 19.4 Å². The van der Waals surface area contributed by atoms with E-state index >= 15 is 0 Å². The predicted octanol–water partition coefficient (Wildman–Crippen LogP) is 2.61. The van der Waals surface area contributed by atoms with E-state index in [1.165, 1.54) is 6.33 Å². The highest BCUT2D eigenvalue weighted by Crippen LogP contribution is 2.29. The van der Waals surface area contributed by atoms with Crippen molar-refractivity contribution >= 4 is 11.6 Å². The lowest BCUT2D eigenvalue weighted by atomic mass is 9.94. The number of carbonyl (C=O) groups excluding carboxylic acids is 1. The normalized spacial score (nSPS) is 15.8. The van der Waals surface area contributed by atoms with Gasteiger partial charge in [-0.25, -0.2) is 9.97 Å². The molecule has 3 aromatic rings. The number of rotatable bonds is 4. The molecule has 0 atom stereocenters. The molecule has 0 N–H and O–H groups in total. The van der Waals surface area contributed by atoms with E-state index in [-0.39, 0.29) is 11.5 Å². The summed E-state index contributed by atoms with van der Waals surface area (Å²) in [5.74, 6) is 0.798. The van der Waals surface area contributed by atoms with Gasteiger partial charge in [0.05, 0.1) is 12.7 Å². The predicted molar refractivity (Wildman–Crippen MR) is 126 cm³/mol. The van der Waals surface area contributed by atoms with Crippen LogP contribution >= 0.6 is 0 Å². The molecule has 8 nitrogen and oxygen atoms in total. The zero-order valence-corrected chi connectivity index (χ0v) is 18.7. The number of piperazine rings is 1. The Hall–Kier alpha value is -3.68. The van der Waals surface area contributed by atoms with Crippen molar-refractivity contribution in [2.24, 2.45) is 0 Å². The Kier molecular flexibility index (Phi) is 5.81. The minimum atomic E-state index is -0.0667. The van der Waals surface area contributed by atoms with Gasteiger partial charge in [-0.15, -0.1) is 0 Å². The minimum Gasteiger partial charge on any atom is -0.497 e. The van der Waals surface area contributed by atoms with Crippen molar-refractivity contribution < 1.29 is 9.53 Å². The summed E-state index contributed by atoms with van der Waals surface area (Å²) in [6.45, 7) is 3.34. The van der Waals surface area contributed by atoms with Gasteiger partial charge < -0.3 is 19.1 Å². The van der Waals surface area contributed by atoms with Crippen LogP contribution in [0.4, 0.5) is 5.69 Å². The van der Waals surface area contributed by atoms with E-state index < -0.39 is 0 Å². The third-order valence-electron chi connectivity index (χ3n) is 6.53. The molecule has 2 aromatic heterocycles. The molecule has 0 spiro atoms. The first-order valence-corrected chi connectivity index (χ1v) is 11.4. The number of hydrogen-bond donors (Lipinski definition) is 0. The third kappa shape index (κ3) is 4.08. The molecule has 2 aliphatic heterocycles. The maximum Gasteiger partial charge on any atom is 0.256 e. The van der Waals surface area contributed by atoms with Gasteiger partial charge in [0.25, 0.3) is 11.5 Å². The van der Waals surface area contributed by atoms with Gasteiger partial charge in [-0.05, 0) is 31.4 Å². The van der Waals surface area contributed by atoms with Crippen LogP contribution in [0.25, 0.3) is 11.1 Å². The average molecular weight is 446 g/mol. The molecule has 33 heavy (non-hydrogen) atoms. The standard InChI is InChI=1S/C25H27N5O3/c1-33-20-6-4-5-19(13-20)28-9-11-29(12-10-28)25(32)24-21(18-15-26-17-27-16-18)14-23(31)30-8-3-2-7-22(24)30/h4-6,13-17H,2-3,7-12H2,1H3. The number of nitrogens with zero attached hydrogens (tertiary/aromatic N) is 5. The summed E-state index contributed by atoms with van der Waals surface area (Å²) >= 11 is 0. The van der Waals surface area contributed by atoms with Gasteiger partial charge in [0.1, 0.15) is 12.1 Å². The molecular weight excluding hydrogens is 418 g/mol. The first kappa shape index (κ1) is 21.2. The Morgan fingerprint density at radius 1 is 1.00 bits per heavy atom. The summed E-state index contributed by atoms with van der Waals surface area (Å²) in [5, 5.41) is 0. The van der Waals surface area contributed by atoms with Crippen molar-refractivity contribution in [2.45, 2.75) is 25.8 Å². The lowest BCUT2D eigenvalue weighted by molar-refractivity contribution is 0.0744. The number of anilines is 1. The second-order valence-electron chi connectivity index (χ2n) is 8.43. The zero-order valence-electron chi connectivity index (χ0n) is 18.7. The summed E-state index contributed by atoms with van der Waals surface area (Å²) in [6, 6.07) is 9.57. The zero-order chi connectivity index (χ0) is 22.8.